The Labute approximate surface area is 175 Å². The molecular formula is C24H22N5O+. The second kappa shape index (κ2) is 7.69. The number of hydrogen-bond donors (Lipinski definition) is 2. The molecule has 1 aromatic carbocycles. The Morgan fingerprint density at radius 1 is 1.17 bits per heavy atom. The van der Waals surface area contributed by atoms with E-state index in [0.717, 1.165) is 24.1 Å². The Balaban J connectivity index is 2.04. The van der Waals surface area contributed by atoms with Crippen LogP contribution in [0.5, 0.6) is 0 Å². The van der Waals surface area contributed by atoms with Crippen LogP contribution in [0, 0.1) is 46.8 Å². The number of aryl methyl sites for hydroxylation is 1. The summed E-state index contributed by atoms with van der Waals surface area (Å²) < 4.78 is 2.00. The number of nitrogens with zero attached hydrogens (tertiary/aromatic N) is 4. The van der Waals surface area contributed by atoms with Crippen LogP contribution in [0.25, 0.3) is 0 Å². The Kier molecular flexibility index (Phi) is 5.06. The van der Waals surface area contributed by atoms with Crippen molar-refractivity contribution in [3.8, 4) is 12.1 Å². The maximum absolute atomic E-state index is 12.0. The Bertz CT molecular complexity index is 1130. The van der Waals surface area contributed by atoms with E-state index in [9.17, 15) is 15.6 Å². The molecule has 6 nitrogen and oxygen atoms in total. The summed E-state index contributed by atoms with van der Waals surface area (Å²) in [5.41, 5.74) is 0.400. The third kappa shape index (κ3) is 3.13. The molecule has 6 heteroatoms. The molecule has 2 heterocycles. The molecule has 148 valence electrons. The number of hydrogen-bond acceptors (Lipinski definition) is 5. The highest BCUT2D eigenvalue weighted by molar-refractivity contribution is 6.13. The van der Waals surface area contributed by atoms with E-state index in [0.29, 0.717) is 0 Å². The summed E-state index contributed by atoms with van der Waals surface area (Å²) in [5.74, 6) is 0.816. The molecular weight excluding hydrogens is 374 g/mol. The van der Waals surface area contributed by atoms with Crippen molar-refractivity contribution in [2.45, 2.75) is 37.5 Å². The van der Waals surface area contributed by atoms with Gasteiger partial charge in [0.1, 0.15) is 17.6 Å². The van der Waals surface area contributed by atoms with Crippen molar-refractivity contribution >= 4 is 11.6 Å². The number of pyridine rings is 1. The summed E-state index contributed by atoms with van der Waals surface area (Å²) in [6.07, 6.45) is 3.56. The minimum atomic E-state index is -1.49. The molecule has 0 saturated heterocycles. The zero-order valence-corrected chi connectivity index (χ0v) is 16.7. The number of nitrogens with one attached hydrogen (secondary N) is 1. The van der Waals surface area contributed by atoms with Gasteiger partial charge in [0.15, 0.2) is 11.9 Å². The quantitative estimate of drug-likeness (QED) is 0.471. The van der Waals surface area contributed by atoms with Crippen LogP contribution < -0.4 is 4.57 Å². The van der Waals surface area contributed by atoms with E-state index in [1.54, 1.807) is 0 Å². The van der Waals surface area contributed by atoms with Crippen LogP contribution in [0.2, 0.25) is 0 Å². The molecule has 1 saturated carbocycles. The standard InChI is InChI=1S/C24H22N5O/c1-16-7-5-6-12-29(16)23-21(17-8-3-2-4-9-17)20(15-27)22(18(13-25)14-26)28-24(23,30)19-10-11-19/h2-9,12,19-21,23,25,30H,10-11H2,1H3/q+1/t20-,21+,23-,24-/m0/s1. The molecule has 4 atom stereocenters. The largest absolute Gasteiger partial charge is 0.364 e. The molecule has 2 aromatic rings. The van der Waals surface area contributed by atoms with Crippen molar-refractivity contribution < 1.29 is 9.67 Å². The molecule has 1 fully saturated rings. The van der Waals surface area contributed by atoms with E-state index >= 15 is 0 Å². The van der Waals surface area contributed by atoms with Crippen molar-refractivity contribution in [3.63, 3.8) is 0 Å². The van der Waals surface area contributed by atoms with Crippen LogP contribution in [-0.4, -0.2) is 22.4 Å². The van der Waals surface area contributed by atoms with Gasteiger partial charge in [0.05, 0.1) is 17.7 Å². The summed E-state index contributed by atoms with van der Waals surface area (Å²) in [6, 6.07) is 19.1. The maximum atomic E-state index is 12.0. The van der Waals surface area contributed by atoms with Gasteiger partial charge in [-0.05, 0) is 24.3 Å². The van der Waals surface area contributed by atoms with Gasteiger partial charge < -0.3 is 5.11 Å². The van der Waals surface area contributed by atoms with E-state index in [1.807, 2.05) is 72.3 Å². The summed E-state index contributed by atoms with van der Waals surface area (Å²) in [4.78, 5) is 4.63. The minimum Gasteiger partial charge on any atom is -0.364 e. The summed E-state index contributed by atoms with van der Waals surface area (Å²) in [6.45, 7) is 1.97. The van der Waals surface area contributed by atoms with Crippen molar-refractivity contribution in [2.24, 2.45) is 16.8 Å². The Morgan fingerprint density at radius 3 is 2.43 bits per heavy atom. The highest BCUT2D eigenvalue weighted by Crippen LogP contribution is 2.54. The lowest BCUT2D eigenvalue weighted by Gasteiger charge is -2.41. The Morgan fingerprint density at radius 2 is 1.87 bits per heavy atom. The molecule has 4 rings (SSSR count). The lowest BCUT2D eigenvalue weighted by molar-refractivity contribution is -0.748. The molecule has 0 unspecified atom stereocenters. The SMILES string of the molecule is Cc1cccc[n+]1[C@H]1[C@H](c2ccccc2)[C@H](C#N)C(C(=C=N)C#N)=N[C@]1(O)C1CC1. The van der Waals surface area contributed by atoms with Crippen LogP contribution >= 0.6 is 0 Å². The molecule has 0 spiro atoms. The highest BCUT2D eigenvalue weighted by Gasteiger charge is 2.62. The van der Waals surface area contributed by atoms with Gasteiger partial charge in [0.2, 0.25) is 11.8 Å². The molecule has 2 N–H and O–H groups in total. The summed E-state index contributed by atoms with van der Waals surface area (Å²) in [5, 5.41) is 39.2. The van der Waals surface area contributed by atoms with Gasteiger partial charge in [-0.15, -0.1) is 0 Å². The highest BCUT2D eigenvalue weighted by atomic mass is 16.3. The lowest BCUT2D eigenvalue weighted by Crippen LogP contribution is -2.61. The second-order valence-electron chi connectivity index (χ2n) is 7.90. The molecule has 0 bridgehead atoms. The van der Waals surface area contributed by atoms with Gasteiger partial charge in [-0.1, -0.05) is 36.4 Å². The van der Waals surface area contributed by atoms with E-state index < -0.39 is 23.6 Å². The third-order valence-electron chi connectivity index (χ3n) is 6.13. The topological polar surface area (TPSA) is 108 Å². The molecule has 0 amide bonds. The fraction of sp³-hybridized carbons (Fsp3) is 0.333. The predicted molar refractivity (Wildman–Crippen MR) is 111 cm³/mol. The second-order valence-corrected chi connectivity index (χ2v) is 7.90. The molecule has 1 aliphatic carbocycles. The number of benzene rings is 1. The molecule has 1 aliphatic heterocycles. The first kappa shape index (κ1) is 19.7. The summed E-state index contributed by atoms with van der Waals surface area (Å²) >= 11 is 0. The van der Waals surface area contributed by atoms with Crippen LogP contribution in [0.1, 0.15) is 36.1 Å². The average molecular weight is 396 g/mol. The molecule has 30 heavy (non-hydrogen) atoms. The van der Waals surface area contributed by atoms with Crippen LogP contribution in [0.4, 0.5) is 0 Å². The van der Waals surface area contributed by atoms with Crippen LogP contribution in [-0.2, 0) is 0 Å². The van der Waals surface area contributed by atoms with Gasteiger partial charge in [0.25, 0.3) is 0 Å². The first-order chi connectivity index (χ1) is 14.5. The van der Waals surface area contributed by atoms with Gasteiger partial charge in [0, 0.05) is 25.0 Å². The van der Waals surface area contributed by atoms with E-state index in [4.69, 9.17) is 5.41 Å². The number of nitriles is 2. The maximum Gasteiger partial charge on any atom is 0.222 e. The number of aromatic nitrogens is 1. The number of aliphatic imine (C=N–C) groups is 1. The van der Waals surface area contributed by atoms with Gasteiger partial charge in [-0.3, -0.25) is 5.41 Å². The smallest absolute Gasteiger partial charge is 0.222 e. The number of allylic oxidation sites excluding steroid dienone is 1. The zero-order valence-electron chi connectivity index (χ0n) is 16.7. The minimum absolute atomic E-state index is 0.0684. The molecule has 1 aromatic heterocycles. The molecule has 0 radical (unpaired) electrons. The van der Waals surface area contributed by atoms with E-state index in [1.165, 1.54) is 0 Å². The van der Waals surface area contributed by atoms with Crippen LogP contribution in [0.15, 0.2) is 65.3 Å². The zero-order chi connectivity index (χ0) is 21.3. The molecule has 2 aliphatic rings. The van der Waals surface area contributed by atoms with Crippen molar-refractivity contribution in [3.05, 3.63) is 71.6 Å². The van der Waals surface area contributed by atoms with Crippen molar-refractivity contribution in [2.75, 3.05) is 0 Å². The summed E-state index contributed by atoms with van der Waals surface area (Å²) in [7, 11) is 0. The normalized spacial score (nSPS) is 27.9. The number of rotatable bonds is 4. The number of aliphatic hydroxyl groups is 1. The van der Waals surface area contributed by atoms with Crippen molar-refractivity contribution in [1.82, 2.24) is 0 Å². The third-order valence-corrected chi connectivity index (χ3v) is 6.13. The van der Waals surface area contributed by atoms with E-state index in [-0.39, 0.29) is 17.2 Å². The Hall–Kier alpha value is -3.57. The van der Waals surface area contributed by atoms with Gasteiger partial charge in [-0.2, -0.15) is 15.1 Å². The monoisotopic (exact) mass is 396 g/mol. The predicted octanol–water partition coefficient (Wildman–Crippen LogP) is 3.00. The first-order valence-corrected chi connectivity index (χ1v) is 9.98. The fourth-order valence-corrected chi connectivity index (χ4v) is 4.57. The van der Waals surface area contributed by atoms with E-state index in [2.05, 4.69) is 16.9 Å². The van der Waals surface area contributed by atoms with Gasteiger partial charge >= 0.3 is 0 Å². The van der Waals surface area contributed by atoms with Gasteiger partial charge in [-0.25, -0.2) is 4.99 Å². The lowest BCUT2D eigenvalue weighted by atomic mass is 9.70. The van der Waals surface area contributed by atoms with Crippen LogP contribution in [0.3, 0.4) is 0 Å². The fourth-order valence-electron chi connectivity index (χ4n) is 4.57. The first-order valence-electron chi connectivity index (χ1n) is 9.98. The van der Waals surface area contributed by atoms with Crippen molar-refractivity contribution in [1.29, 1.82) is 15.9 Å². The average Bonchev–Trinajstić information content (AvgIpc) is 3.62.